The molecular formula is C19H27NO5. The molecule has 0 saturated carbocycles. The molecule has 0 aliphatic rings. The average Bonchev–Trinajstić information content (AvgIpc) is 2.53. The van der Waals surface area contributed by atoms with Crippen molar-refractivity contribution < 1.29 is 24.2 Å². The van der Waals surface area contributed by atoms with Crippen molar-refractivity contribution in [2.24, 2.45) is 5.92 Å². The fourth-order valence-corrected chi connectivity index (χ4v) is 2.32. The lowest BCUT2D eigenvalue weighted by atomic mass is 9.86. The van der Waals surface area contributed by atoms with E-state index < -0.39 is 29.8 Å². The number of carboxylic acid groups (broad SMARTS) is 1. The monoisotopic (exact) mass is 349 g/mol. The van der Waals surface area contributed by atoms with Gasteiger partial charge in [-0.25, -0.2) is 4.79 Å². The molecule has 2 atom stereocenters. The predicted molar refractivity (Wildman–Crippen MR) is 94.4 cm³/mol. The van der Waals surface area contributed by atoms with Crippen LogP contribution in [0.4, 0.5) is 0 Å². The maximum atomic E-state index is 12.3. The van der Waals surface area contributed by atoms with Crippen LogP contribution in [0, 0.1) is 5.92 Å². The zero-order valence-corrected chi connectivity index (χ0v) is 15.5. The average molecular weight is 349 g/mol. The normalized spacial score (nSPS) is 13.6. The van der Waals surface area contributed by atoms with Gasteiger partial charge < -0.3 is 15.2 Å². The number of nitrogens with one attached hydrogen (secondary N) is 1. The summed E-state index contributed by atoms with van der Waals surface area (Å²) in [6.07, 6.45) is -0.0278. The highest BCUT2D eigenvalue weighted by molar-refractivity contribution is 5.96. The first-order chi connectivity index (χ1) is 11.6. The lowest BCUT2D eigenvalue weighted by Crippen LogP contribution is -2.42. The molecule has 1 amide bonds. The highest BCUT2D eigenvalue weighted by Crippen LogP contribution is 2.22. The van der Waals surface area contributed by atoms with Crippen LogP contribution in [0.3, 0.4) is 0 Å². The molecule has 0 bridgehead atoms. The summed E-state index contributed by atoms with van der Waals surface area (Å²) in [5.41, 5.74) is 1.42. The second-order valence-electron chi connectivity index (χ2n) is 7.08. The molecule has 0 fully saturated rings. The van der Waals surface area contributed by atoms with Gasteiger partial charge in [0.05, 0.1) is 12.5 Å². The summed E-state index contributed by atoms with van der Waals surface area (Å²) in [5, 5.41) is 11.8. The summed E-state index contributed by atoms with van der Waals surface area (Å²) in [5.74, 6) is -2.76. The molecule has 6 nitrogen and oxygen atoms in total. The van der Waals surface area contributed by atoms with Crippen molar-refractivity contribution in [3.05, 3.63) is 35.4 Å². The first-order valence-electron chi connectivity index (χ1n) is 8.37. The third kappa shape index (κ3) is 6.21. The number of amides is 1. The van der Waals surface area contributed by atoms with E-state index in [1.54, 1.807) is 26.0 Å². The number of esters is 1. The summed E-state index contributed by atoms with van der Waals surface area (Å²) in [7, 11) is 0. The first kappa shape index (κ1) is 20.7. The van der Waals surface area contributed by atoms with Crippen molar-refractivity contribution in [3.8, 4) is 0 Å². The number of hydrogen-bond donors (Lipinski definition) is 2. The molecule has 1 aromatic carbocycles. The minimum atomic E-state index is -1.18. The van der Waals surface area contributed by atoms with Gasteiger partial charge in [-0.05, 0) is 36.5 Å². The van der Waals surface area contributed by atoms with E-state index in [2.05, 4.69) is 26.1 Å². The van der Waals surface area contributed by atoms with E-state index in [0.29, 0.717) is 5.56 Å². The minimum Gasteiger partial charge on any atom is -0.480 e. The Hall–Kier alpha value is -2.37. The molecule has 6 heteroatoms. The lowest BCUT2D eigenvalue weighted by molar-refractivity contribution is -0.148. The number of ether oxygens (including phenoxy) is 1. The van der Waals surface area contributed by atoms with E-state index >= 15 is 0 Å². The number of hydrogen-bond acceptors (Lipinski definition) is 4. The second kappa shape index (κ2) is 8.65. The van der Waals surface area contributed by atoms with Crippen LogP contribution in [0.2, 0.25) is 0 Å². The lowest BCUT2D eigenvalue weighted by Gasteiger charge is -2.20. The molecule has 0 aliphatic heterocycles. The van der Waals surface area contributed by atoms with Crippen LogP contribution in [0.1, 0.15) is 57.0 Å². The summed E-state index contributed by atoms with van der Waals surface area (Å²) in [4.78, 5) is 35.4. The molecule has 0 radical (unpaired) electrons. The van der Waals surface area contributed by atoms with E-state index in [1.165, 1.54) is 0 Å². The number of benzene rings is 1. The number of rotatable bonds is 7. The second-order valence-corrected chi connectivity index (χ2v) is 7.08. The highest BCUT2D eigenvalue weighted by atomic mass is 16.5. The zero-order valence-electron chi connectivity index (χ0n) is 15.5. The van der Waals surface area contributed by atoms with E-state index in [4.69, 9.17) is 4.74 Å². The SMILES string of the molecule is CCOC(=O)[C@H](C)C[C@H](NC(=O)c1ccc(C(C)(C)C)cc1)C(=O)O. The zero-order chi connectivity index (χ0) is 19.2. The molecule has 138 valence electrons. The minimum absolute atomic E-state index is 0.0278. The molecule has 0 aliphatic carbocycles. The fourth-order valence-electron chi connectivity index (χ4n) is 2.32. The van der Waals surface area contributed by atoms with E-state index in [9.17, 15) is 19.5 Å². The van der Waals surface area contributed by atoms with Crippen molar-refractivity contribution in [1.82, 2.24) is 5.32 Å². The third-order valence-corrected chi connectivity index (χ3v) is 3.89. The standard InChI is InChI=1S/C19H27NO5/c1-6-25-18(24)12(2)11-15(17(22)23)20-16(21)13-7-9-14(10-8-13)19(3,4)5/h7-10,12,15H,6,11H2,1-5H3,(H,20,21)(H,22,23)/t12-,15+/m1/s1. The third-order valence-electron chi connectivity index (χ3n) is 3.89. The summed E-state index contributed by atoms with van der Waals surface area (Å²) in [6.45, 7) is 9.70. The topological polar surface area (TPSA) is 92.7 Å². The Labute approximate surface area is 148 Å². The molecule has 0 heterocycles. The number of carbonyl (C=O) groups is 3. The van der Waals surface area contributed by atoms with Gasteiger partial charge in [0.2, 0.25) is 0 Å². The van der Waals surface area contributed by atoms with Gasteiger partial charge in [-0.2, -0.15) is 0 Å². The predicted octanol–water partition coefficient (Wildman–Crippen LogP) is 2.76. The van der Waals surface area contributed by atoms with Crippen molar-refractivity contribution in [2.45, 2.75) is 52.5 Å². The number of aliphatic carboxylic acids is 1. The quantitative estimate of drug-likeness (QED) is 0.738. The first-order valence-corrected chi connectivity index (χ1v) is 8.37. The van der Waals surface area contributed by atoms with Gasteiger partial charge >= 0.3 is 11.9 Å². The van der Waals surface area contributed by atoms with Gasteiger partial charge in [0.15, 0.2) is 0 Å². The molecule has 0 saturated heterocycles. The van der Waals surface area contributed by atoms with Gasteiger partial charge in [0.1, 0.15) is 6.04 Å². The smallest absolute Gasteiger partial charge is 0.326 e. The molecule has 0 spiro atoms. The van der Waals surface area contributed by atoms with Crippen LogP contribution in [0.15, 0.2) is 24.3 Å². The fraction of sp³-hybridized carbons (Fsp3) is 0.526. The largest absolute Gasteiger partial charge is 0.480 e. The molecule has 0 unspecified atom stereocenters. The van der Waals surface area contributed by atoms with Crippen molar-refractivity contribution in [2.75, 3.05) is 6.61 Å². The Bertz CT molecular complexity index is 616. The number of carboxylic acids is 1. The van der Waals surface area contributed by atoms with Crippen molar-refractivity contribution in [3.63, 3.8) is 0 Å². The van der Waals surface area contributed by atoms with Crippen LogP contribution in [-0.4, -0.2) is 35.6 Å². The maximum Gasteiger partial charge on any atom is 0.326 e. The molecule has 25 heavy (non-hydrogen) atoms. The van der Waals surface area contributed by atoms with Gasteiger partial charge in [-0.15, -0.1) is 0 Å². The molecule has 2 N–H and O–H groups in total. The van der Waals surface area contributed by atoms with Crippen LogP contribution in [-0.2, 0) is 19.7 Å². The Balaban J connectivity index is 2.79. The molecule has 1 aromatic rings. The molecule has 1 rings (SSSR count). The van der Waals surface area contributed by atoms with Gasteiger partial charge in [-0.3, -0.25) is 9.59 Å². The number of carbonyl (C=O) groups excluding carboxylic acids is 2. The Morgan fingerprint density at radius 1 is 1.16 bits per heavy atom. The van der Waals surface area contributed by atoms with Crippen LogP contribution in [0.25, 0.3) is 0 Å². The molecule has 0 aromatic heterocycles. The Morgan fingerprint density at radius 2 is 1.72 bits per heavy atom. The summed E-state index contributed by atoms with van der Waals surface area (Å²) >= 11 is 0. The summed E-state index contributed by atoms with van der Waals surface area (Å²) < 4.78 is 4.87. The van der Waals surface area contributed by atoms with E-state index in [-0.39, 0.29) is 18.4 Å². The molecular weight excluding hydrogens is 322 g/mol. The van der Waals surface area contributed by atoms with E-state index in [1.807, 2.05) is 12.1 Å². The van der Waals surface area contributed by atoms with Gasteiger partial charge in [0, 0.05) is 5.56 Å². The maximum absolute atomic E-state index is 12.3. The van der Waals surface area contributed by atoms with Crippen LogP contribution >= 0.6 is 0 Å². The van der Waals surface area contributed by atoms with Crippen LogP contribution in [0.5, 0.6) is 0 Å². The van der Waals surface area contributed by atoms with E-state index in [0.717, 1.165) is 5.56 Å². The van der Waals surface area contributed by atoms with Gasteiger partial charge in [-0.1, -0.05) is 39.8 Å². The van der Waals surface area contributed by atoms with Gasteiger partial charge in [0.25, 0.3) is 5.91 Å². The Morgan fingerprint density at radius 3 is 2.16 bits per heavy atom. The van der Waals surface area contributed by atoms with Crippen LogP contribution < -0.4 is 5.32 Å². The Kier molecular flexibility index (Phi) is 7.15. The summed E-state index contributed by atoms with van der Waals surface area (Å²) in [6, 6.07) is 5.89. The highest BCUT2D eigenvalue weighted by Gasteiger charge is 2.27. The van der Waals surface area contributed by atoms with Crippen molar-refractivity contribution in [1.29, 1.82) is 0 Å². The van der Waals surface area contributed by atoms with Crippen molar-refractivity contribution >= 4 is 17.8 Å².